The van der Waals surface area contributed by atoms with E-state index in [4.69, 9.17) is 15.2 Å². The molecule has 0 spiro atoms. The first-order valence-electron chi connectivity index (χ1n) is 15.7. The van der Waals surface area contributed by atoms with Gasteiger partial charge in [-0.2, -0.15) is 0 Å². The Bertz CT molecular complexity index is 1210. The third-order valence-electron chi connectivity index (χ3n) is 10.3. The van der Waals surface area contributed by atoms with Gasteiger partial charge in [0.1, 0.15) is 5.75 Å². The molecule has 6 nitrogen and oxygen atoms in total. The number of ether oxygens (including phenoxy) is 2. The maximum Gasteiger partial charge on any atom is 0.415 e. The van der Waals surface area contributed by atoms with Gasteiger partial charge in [-0.05, 0) is 97.8 Å². The quantitative estimate of drug-likeness (QED) is 0.258. The molecule has 6 atom stereocenters. The fourth-order valence-corrected chi connectivity index (χ4v) is 8.49. The first-order valence-corrected chi connectivity index (χ1v) is 17.0. The Balaban J connectivity index is 0.000000238. The summed E-state index contributed by atoms with van der Waals surface area (Å²) in [4.78, 5) is 14.5. The van der Waals surface area contributed by atoms with Gasteiger partial charge in [-0.1, -0.05) is 26.5 Å². The molecule has 1 aliphatic heterocycles. The molecular formula is C32H45BF4N2O4S. The molecule has 6 unspecified atom stereocenters. The number of nitrogens with two attached hydrogens (primary N) is 1. The van der Waals surface area contributed by atoms with Gasteiger partial charge in [0.05, 0.1) is 13.2 Å². The molecule has 4 aliphatic rings. The minimum Gasteiger partial charge on any atom is -0.410 e. The summed E-state index contributed by atoms with van der Waals surface area (Å²) in [6.07, 6.45) is 6.13. The molecule has 1 amide bonds. The van der Waals surface area contributed by atoms with Crippen LogP contribution in [0.15, 0.2) is 29.7 Å². The molecule has 12 heteroatoms. The van der Waals surface area contributed by atoms with Crippen molar-refractivity contribution in [2.75, 3.05) is 32.1 Å². The van der Waals surface area contributed by atoms with Gasteiger partial charge in [0.15, 0.2) is 7.85 Å². The Morgan fingerprint density at radius 2 is 1.91 bits per heavy atom. The lowest BCUT2D eigenvalue weighted by molar-refractivity contribution is -0.161. The van der Waals surface area contributed by atoms with Gasteiger partial charge in [0, 0.05) is 47.0 Å². The van der Waals surface area contributed by atoms with E-state index in [9.17, 15) is 26.6 Å². The molecule has 44 heavy (non-hydrogen) atoms. The number of hydrogen-bond acceptors (Lipinski definition) is 5. The van der Waals surface area contributed by atoms with Crippen LogP contribution >= 0.6 is 0 Å². The molecular weight excluding hydrogens is 595 g/mol. The SMILES string of the molecule is CC12CCC3c4ccc(OC(=O)N5CCOCC5)cc4CCC3C1CCC2N.[B]C(F)(F)C(F)(F)CCCS(=O)C(=C)CC. The van der Waals surface area contributed by atoms with Crippen LogP contribution in [0.25, 0.3) is 0 Å². The number of hydrogen-bond donors (Lipinski definition) is 1. The summed E-state index contributed by atoms with van der Waals surface area (Å²) in [6, 6.07) is 6.71. The number of fused-ring (bicyclic) bond motifs is 5. The predicted octanol–water partition coefficient (Wildman–Crippen LogP) is 6.54. The third kappa shape index (κ3) is 7.72. The van der Waals surface area contributed by atoms with Crippen molar-refractivity contribution in [3.63, 3.8) is 0 Å². The van der Waals surface area contributed by atoms with E-state index in [1.165, 1.54) is 43.2 Å². The molecule has 2 saturated carbocycles. The second-order valence-corrected chi connectivity index (χ2v) is 14.5. The van der Waals surface area contributed by atoms with Crippen LogP contribution in [0, 0.1) is 17.3 Å². The van der Waals surface area contributed by atoms with Crippen LogP contribution < -0.4 is 10.5 Å². The number of aryl methyl sites for hydroxylation is 1. The standard InChI is InChI=1S/C23H32N2O3.C9H13BF4OS/c1-23-9-8-18-17-5-3-16(28-22(26)25-10-12-27-13-11-25)14-15(17)2-4-19(18)20(23)6-7-21(23)24;1-3-7(2)16(15)6-4-5-8(11,12)9(10,13)14/h3,5,14,18-21H,2,4,6-13,24H2,1H3;2-6H2,1H3. The number of nitrogens with zero attached hydrogens (tertiary/aromatic N) is 1. The fourth-order valence-electron chi connectivity index (χ4n) is 7.47. The Kier molecular flexibility index (Phi) is 11.3. The first kappa shape index (κ1) is 34.9. The second-order valence-electron chi connectivity index (χ2n) is 12.8. The van der Waals surface area contributed by atoms with E-state index >= 15 is 0 Å². The molecule has 0 bridgehead atoms. The van der Waals surface area contributed by atoms with Crippen molar-refractivity contribution in [2.24, 2.45) is 23.0 Å². The average Bonchev–Trinajstić information content (AvgIpc) is 3.30. The van der Waals surface area contributed by atoms with E-state index < -0.39 is 29.0 Å². The van der Waals surface area contributed by atoms with Crippen LogP contribution in [0.4, 0.5) is 22.4 Å². The number of morpholine rings is 1. The van der Waals surface area contributed by atoms with Crippen LogP contribution in [0.3, 0.4) is 0 Å². The van der Waals surface area contributed by atoms with E-state index in [2.05, 4.69) is 33.5 Å². The summed E-state index contributed by atoms with van der Waals surface area (Å²) in [5.41, 5.74) is 9.71. The van der Waals surface area contributed by atoms with Crippen LogP contribution in [0.1, 0.15) is 82.3 Å². The summed E-state index contributed by atoms with van der Waals surface area (Å²) in [6.45, 7) is 10.0. The lowest BCUT2D eigenvalue weighted by atomic mass is 9.55. The van der Waals surface area contributed by atoms with Gasteiger partial charge in [0.25, 0.3) is 11.7 Å². The predicted molar refractivity (Wildman–Crippen MR) is 165 cm³/mol. The lowest BCUT2D eigenvalue weighted by Crippen LogP contribution is -2.46. The Hall–Kier alpha value is -1.92. The van der Waals surface area contributed by atoms with E-state index in [-0.39, 0.29) is 18.3 Å². The fraction of sp³-hybridized carbons (Fsp3) is 0.719. The summed E-state index contributed by atoms with van der Waals surface area (Å²) in [5.74, 6) is -6.03. The average molecular weight is 641 g/mol. The minimum atomic E-state index is -4.53. The van der Waals surface area contributed by atoms with Crippen LogP contribution in [0.2, 0.25) is 0 Å². The summed E-state index contributed by atoms with van der Waals surface area (Å²) in [7, 11) is 2.60. The highest BCUT2D eigenvalue weighted by Gasteiger charge is 2.53. The number of rotatable bonds is 8. The summed E-state index contributed by atoms with van der Waals surface area (Å²) < 4.78 is 71.9. The number of alkyl halides is 4. The zero-order valence-corrected chi connectivity index (χ0v) is 26.6. The highest BCUT2D eigenvalue weighted by molar-refractivity contribution is 7.88. The van der Waals surface area contributed by atoms with E-state index in [1.807, 2.05) is 6.07 Å². The number of allylic oxidation sites excluding steroid dienone is 1. The summed E-state index contributed by atoms with van der Waals surface area (Å²) >= 11 is 0. The molecule has 2 N–H and O–H groups in total. The molecule has 0 aromatic heterocycles. The number of amides is 1. The van der Waals surface area contributed by atoms with Crippen LogP contribution in [-0.4, -0.2) is 72.9 Å². The number of carbonyl (C=O) groups excluding carboxylic acids is 1. The Labute approximate surface area is 262 Å². The molecule has 1 heterocycles. The maximum atomic E-state index is 12.7. The normalized spacial score (nSPS) is 28.9. The van der Waals surface area contributed by atoms with Crippen molar-refractivity contribution in [2.45, 2.75) is 95.3 Å². The largest absolute Gasteiger partial charge is 0.415 e. The van der Waals surface area contributed by atoms with Crippen molar-refractivity contribution in [1.29, 1.82) is 0 Å². The Morgan fingerprint density at radius 1 is 1.20 bits per heavy atom. The van der Waals surface area contributed by atoms with Crippen molar-refractivity contribution < 1.29 is 36.0 Å². The van der Waals surface area contributed by atoms with E-state index in [0.717, 1.165) is 18.3 Å². The van der Waals surface area contributed by atoms with E-state index in [0.29, 0.717) is 60.8 Å². The van der Waals surface area contributed by atoms with Gasteiger partial charge in [-0.25, -0.2) is 22.4 Å². The topological polar surface area (TPSA) is 81.9 Å². The van der Waals surface area contributed by atoms with Crippen LogP contribution in [-0.2, 0) is 22.0 Å². The molecule has 244 valence electrons. The maximum absolute atomic E-state index is 12.7. The number of halogens is 4. The molecule has 5 rings (SSSR count). The minimum absolute atomic E-state index is 0.0989. The molecule has 3 aliphatic carbocycles. The second kappa shape index (κ2) is 14.2. The van der Waals surface area contributed by atoms with Gasteiger partial charge >= 0.3 is 6.09 Å². The van der Waals surface area contributed by atoms with Crippen molar-refractivity contribution in [3.05, 3.63) is 40.8 Å². The Morgan fingerprint density at radius 3 is 2.57 bits per heavy atom. The number of carbonyl (C=O) groups is 1. The van der Waals surface area contributed by atoms with E-state index in [1.54, 1.807) is 11.8 Å². The number of benzene rings is 1. The monoisotopic (exact) mass is 640 g/mol. The van der Waals surface area contributed by atoms with Crippen molar-refractivity contribution >= 4 is 24.7 Å². The third-order valence-corrected chi connectivity index (χ3v) is 11.9. The highest BCUT2D eigenvalue weighted by atomic mass is 32.2. The smallest absolute Gasteiger partial charge is 0.410 e. The molecule has 1 aromatic carbocycles. The zero-order chi connectivity index (χ0) is 32.3. The van der Waals surface area contributed by atoms with Gasteiger partial charge in [0.2, 0.25) is 0 Å². The van der Waals surface area contributed by atoms with Crippen LogP contribution in [0.5, 0.6) is 5.75 Å². The highest BCUT2D eigenvalue weighted by Crippen LogP contribution is 2.60. The first-order chi connectivity index (χ1) is 20.7. The lowest BCUT2D eigenvalue weighted by Gasteiger charge is -2.50. The van der Waals surface area contributed by atoms with Crippen molar-refractivity contribution in [3.8, 4) is 5.75 Å². The molecule has 3 fully saturated rings. The van der Waals surface area contributed by atoms with Gasteiger partial charge in [-0.3, -0.25) is 4.21 Å². The zero-order valence-electron chi connectivity index (χ0n) is 25.8. The summed E-state index contributed by atoms with van der Waals surface area (Å²) in [5, 5.41) is 0. The molecule has 1 aromatic rings. The molecule has 2 radical (unpaired) electrons. The van der Waals surface area contributed by atoms with Gasteiger partial charge < -0.3 is 20.1 Å². The van der Waals surface area contributed by atoms with Crippen molar-refractivity contribution in [1.82, 2.24) is 4.90 Å². The molecule has 1 saturated heterocycles. The van der Waals surface area contributed by atoms with Gasteiger partial charge in [-0.15, -0.1) is 0 Å².